The summed E-state index contributed by atoms with van der Waals surface area (Å²) in [6.07, 6.45) is 1.11. The third-order valence-electron chi connectivity index (χ3n) is 0.0688. The van der Waals surface area contributed by atoms with Crippen molar-refractivity contribution in [1.82, 2.24) is 0 Å². The van der Waals surface area contributed by atoms with Gasteiger partial charge < -0.3 is 4.18 Å². The van der Waals surface area contributed by atoms with Crippen LogP contribution in [0.15, 0.2) is 0 Å². The summed E-state index contributed by atoms with van der Waals surface area (Å²) in [5.74, 6) is 0. The van der Waals surface area contributed by atoms with E-state index in [4.69, 9.17) is 5.26 Å². The fourth-order valence-corrected chi connectivity index (χ4v) is 0.0423. The van der Waals surface area contributed by atoms with Crippen LogP contribution < -0.4 is 0 Å². The first-order chi connectivity index (χ1) is 2.41. The van der Waals surface area contributed by atoms with Gasteiger partial charge in [-0.05, 0) is 0 Å². The van der Waals surface area contributed by atoms with Crippen molar-refractivity contribution in [2.45, 2.75) is 0 Å². The number of hydrogen-bond donors (Lipinski definition) is 0. The molecule has 0 atom stereocenters. The minimum Gasteiger partial charge on any atom is -0.318 e. The van der Waals surface area contributed by atoms with Gasteiger partial charge in [-0.25, -0.2) is 0 Å². The molecule has 0 amide bonds. The highest BCUT2D eigenvalue weighted by atomic mass is 32.2. The number of hydrogen-bond acceptors (Lipinski definition) is 3. The van der Waals surface area contributed by atoms with Gasteiger partial charge in [0, 0.05) is 0 Å². The molecule has 5 heavy (non-hydrogen) atoms. The summed E-state index contributed by atoms with van der Waals surface area (Å²) in [5.41, 5.74) is 0. The molecule has 0 aliphatic rings. The van der Waals surface area contributed by atoms with Crippen LogP contribution >= 0.6 is 12.4 Å². The molecule has 0 spiro atoms. The molecule has 0 rings (SSSR count). The Hall–Kier alpha value is -0.430. The molecule has 0 aromatic carbocycles. The molecule has 0 aromatic heterocycles. The number of rotatable bonds is 1. The maximum absolute atomic E-state index is 10.5. The Kier molecular flexibility index (Phi) is 3.26. The molecule has 0 fully saturated rings. The van der Waals surface area contributed by atoms with Crippen molar-refractivity contribution in [3.63, 3.8) is 0 Å². The topological polar surface area (TPSA) is 33.0 Å². The Bertz CT molecular complexity index is 50.1. The van der Waals surface area contributed by atoms with Crippen LogP contribution in [0.4, 0.5) is 3.89 Å². The Labute approximate surface area is 33.0 Å². The van der Waals surface area contributed by atoms with Crippen molar-refractivity contribution in [3.8, 4) is 6.26 Å². The Morgan fingerprint density at radius 3 is 2.60 bits per heavy atom. The summed E-state index contributed by atoms with van der Waals surface area (Å²) in [4.78, 5) is 0. The van der Waals surface area contributed by atoms with E-state index in [1.807, 2.05) is 0 Å². The van der Waals surface area contributed by atoms with Crippen molar-refractivity contribution < 1.29 is 8.07 Å². The zero-order valence-corrected chi connectivity index (χ0v) is 2.96. The summed E-state index contributed by atoms with van der Waals surface area (Å²) in [5, 5.41) is 7.33. The predicted molar refractivity (Wildman–Crippen MR) is 15.4 cm³/mol. The molecule has 0 saturated heterocycles. The van der Waals surface area contributed by atoms with Crippen LogP contribution in [0, 0.1) is 11.5 Å². The number of nitrogens with zero attached hydrogens (tertiary/aromatic N) is 1. The molecule has 0 aliphatic heterocycles. The molecule has 0 aromatic rings. The summed E-state index contributed by atoms with van der Waals surface area (Å²) >= 11 is -0.459. The minimum atomic E-state index is -0.459. The average Bonchev–Trinajstić information content (AvgIpc) is 1.41. The van der Waals surface area contributed by atoms with Crippen molar-refractivity contribution in [2.24, 2.45) is 0 Å². The van der Waals surface area contributed by atoms with Gasteiger partial charge in [0.2, 0.25) is 0 Å². The second-order valence-corrected chi connectivity index (χ2v) is 0.530. The lowest BCUT2D eigenvalue weighted by Crippen LogP contribution is -1.48. The summed E-state index contributed by atoms with van der Waals surface area (Å²) in [6, 6.07) is 0. The molecule has 4 heteroatoms. The Morgan fingerprint density at radius 2 is 2.60 bits per heavy atom. The fourth-order valence-electron chi connectivity index (χ4n) is 0.0141. The van der Waals surface area contributed by atoms with Crippen molar-refractivity contribution in [3.05, 3.63) is 0 Å². The molecule has 0 bridgehead atoms. The average molecular weight is 93.1 g/mol. The molecule has 28 valence electrons. The van der Waals surface area contributed by atoms with Crippen molar-refractivity contribution in [1.29, 1.82) is 5.26 Å². The first kappa shape index (κ1) is 4.57. The molecular weight excluding hydrogens is 93.1 g/mol. The molecule has 0 saturated carbocycles. The van der Waals surface area contributed by atoms with Gasteiger partial charge in [-0.3, -0.25) is 0 Å². The van der Waals surface area contributed by atoms with E-state index in [-0.39, 0.29) is 0 Å². The van der Waals surface area contributed by atoms with Crippen LogP contribution in [0.25, 0.3) is 0 Å². The van der Waals surface area contributed by atoms with Gasteiger partial charge in [-0.2, -0.15) is 0 Å². The molecule has 0 heterocycles. The maximum atomic E-state index is 10.5. The van der Waals surface area contributed by atoms with Gasteiger partial charge in [0.1, 0.15) is 0 Å². The van der Waals surface area contributed by atoms with E-state index in [0.29, 0.717) is 0 Å². The molecule has 0 N–H and O–H groups in total. The monoisotopic (exact) mass is 93.0 g/mol. The first-order valence-electron chi connectivity index (χ1n) is 0.749. The first-order valence-corrected chi connectivity index (χ1v) is 1.39. The largest absolute Gasteiger partial charge is 0.318 e. The fraction of sp³-hybridized carbons (Fsp3) is 0. The summed E-state index contributed by atoms with van der Waals surface area (Å²) in [7, 11) is 0. The van der Waals surface area contributed by atoms with E-state index in [1.54, 1.807) is 0 Å². The van der Waals surface area contributed by atoms with E-state index >= 15 is 0 Å². The zero-order chi connectivity index (χ0) is 4.12. The van der Waals surface area contributed by atoms with Crippen molar-refractivity contribution in [2.75, 3.05) is 0 Å². The SMILES string of the molecule is N#COSF. The maximum Gasteiger partial charge on any atom is 0.302 e. The van der Waals surface area contributed by atoms with Crippen LogP contribution in [0.1, 0.15) is 0 Å². The Morgan fingerprint density at radius 1 is 2.00 bits per heavy atom. The van der Waals surface area contributed by atoms with E-state index in [0.717, 1.165) is 6.26 Å². The van der Waals surface area contributed by atoms with E-state index in [1.165, 1.54) is 0 Å². The highest BCUT2D eigenvalue weighted by Gasteiger charge is 1.69. The highest BCUT2D eigenvalue weighted by Crippen LogP contribution is 1.97. The smallest absolute Gasteiger partial charge is 0.302 e. The second-order valence-electron chi connectivity index (χ2n) is 0.238. The van der Waals surface area contributed by atoms with Crippen LogP contribution in [0.3, 0.4) is 0 Å². The normalized spacial score (nSPS) is 5.60. The zero-order valence-electron chi connectivity index (χ0n) is 2.14. The predicted octanol–water partition coefficient (Wildman–Crippen LogP) is 1.02. The van der Waals surface area contributed by atoms with Crippen molar-refractivity contribution >= 4 is 12.4 Å². The lowest BCUT2D eigenvalue weighted by Gasteiger charge is -1.66. The molecule has 0 aliphatic carbocycles. The highest BCUT2D eigenvalue weighted by molar-refractivity contribution is 7.89. The number of nitriles is 1. The van der Waals surface area contributed by atoms with Gasteiger partial charge in [0.25, 0.3) is 12.4 Å². The van der Waals surface area contributed by atoms with Gasteiger partial charge >= 0.3 is 6.26 Å². The van der Waals surface area contributed by atoms with Crippen LogP contribution in [0.2, 0.25) is 0 Å². The van der Waals surface area contributed by atoms with E-state index in [2.05, 4.69) is 4.18 Å². The van der Waals surface area contributed by atoms with Gasteiger partial charge in [-0.15, -0.1) is 9.15 Å². The Balaban J connectivity index is 2.48. The van der Waals surface area contributed by atoms with Gasteiger partial charge in [0.15, 0.2) is 0 Å². The summed E-state index contributed by atoms with van der Waals surface area (Å²) < 4.78 is 13.9. The molecular formula is CFNOS. The molecule has 0 unspecified atom stereocenters. The minimum absolute atomic E-state index is 0.459. The lowest BCUT2D eigenvalue weighted by atomic mass is 11.6. The third-order valence-corrected chi connectivity index (χ3v) is 0.206. The lowest BCUT2D eigenvalue weighted by molar-refractivity contribution is 0.564. The summed E-state index contributed by atoms with van der Waals surface area (Å²) in [6.45, 7) is 0. The van der Waals surface area contributed by atoms with Gasteiger partial charge in [-0.1, -0.05) is 0 Å². The van der Waals surface area contributed by atoms with E-state index in [9.17, 15) is 3.89 Å². The van der Waals surface area contributed by atoms with Crippen LogP contribution in [0.5, 0.6) is 0 Å². The van der Waals surface area contributed by atoms with E-state index < -0.39 is 12.4 Å². The van der Waals surface area contributed by atoms with Crippen LogP contribution in [-0.4, -0.2) is 0 Å². The quantitative estimate of drug-likeness (QED) is 0.358. The molecule has 0 radical (unpaired) electrons. The second kappa shape index (κ2) is 3.57. The third kappa shape index (κ3) is 3.57. The number of halogens is 1. The van der Waals surface area contributed by atoms with Gasteiger partial charge in [0.05, 0.1) is 0 Å². The standard InChI is InChI=1S/CFNOS/c2-5-4-1-3. The molecule has 2 nitrogen and oxygen atoms in total. The van der Waals surface area contributed by atoms with Crippen LogP contribution in [-0.2, 0) is 4.18 Å².